The highest BCUT2D eigenvalue weighted by molar-refractivity contribution is 9.11. The van der Waals surface area contributed by atoms with Gasteiger partial charge in [-0.25, -0.2) is 8.42 Å². The van der Waals surface area contributed by atoms with Gasteiger partial charge in [-0.1, -0.05) is 37.7 Å². The van der Waals surface area contributed by atoms with Crippen LogP contribution in [0.4, 0.5) is 0 Å². The first-order valence-electron chi connectivity index (χ1n) is 5.47. The normalized spacial score (nSPS) is 12.6. The molecule has 0 saturated carbocycles. The topological polar surface area (TPSA) is 72.2 Å². The molecular formula is C10H14BrClN2O2S3. The van der Waals surface area contributed by atoms with Crippen LogP contribution in [0.3, 0.4) is 0 Å². The van der Waals surface area contributed by atoms with Gasteiger partial charge in [0.2, 0.25) is 0 Å². The Morgan fingerprint density at radius 2 is 2.11 bits per heavy atom. The van der Waals surface area contributed by atoms with Crippen LogP contribution in [0.25, 0.3) is 0 Å². The maximum Gasteiger partial charge on any atom is 0.251 e. The summed E-state index contributed by atoms with van der Waals surface area (Å²) in [5.41, 5.74) is 4.78. The van der Waals surface area contributed by atoms with Crippen molar-refractivity contribution in [3.05, 3.63) is 14.9 Å². The van der Waals surface area contributed by atoms with Crippen LogP contribution in [-0.4, -0.2) is 18.9 Å². The zero-order valence-electron chi connectivity index (χ0n) is 10.4. The van der Waals surface area contributed by atoms with Gasteiger partial charge < -0.3 is 5.73 Å². The van der Waals surface area contributed by atoms with E-state index in [1.165, 1.54) is 6.07 Å². The molecule has 0 radical (unpaired) electrons. The van der Waals surface area contributed by atoms with E-state index in [9.17, 15) is 8.42 Å². The lowest BCUT2D eigenvalue weighted by molar-refractivity contribution is 0.466. The van der Waals surface area contributed by atoms with Crippen molar-refractivity contribution < 1.29 is 8.42 Å². The van der Waals surface area contributed by atoms with E-state index in [0.29, 0.717) is 21.7 Å². The Bertz CT molecular complexity index is 562. The van der Waals surface area contributed by atoms with Crippen molar-refractivity contribution in [2.75, 3.05) is 0 Å². The smallest absolute Gasteiger partial charge is 0.251 e. The molecule has 0 bridgehead atoms. The van der Waals surface area contributed by atoms with Gasteiger partial charge in [0.15, 0.2) is 0 Å². The van der Waals surface area contributed by atoms with Crippen LogP contribution in [0, 0.1) is 0 Å². The average Bonchev–Trinajstić information content (AvgIpc) is 2.67. The standard InChI is InChI=1S/C10H14BrClN2O2S3/c1-3-10(4-2,9(13)17)14-19(15,16)7-5-6(12)8(11)18-7/h5,14H,3-4H2,1-2H3,(H2,13,17). The molecular weight excluding hydrogens is 392 g/mol. The zero-order chi connectivity index (χ0) is 14.8. The van der Waals surface area contributed by atoms with E-state index in [4.69, 9.17) is 29.6 Å². The lowest BCUT2D eigenvalue weighted by Gasteiger charge is -2.30. The van der Waals surface area contributed by atoms with E-state index in [1.807, 2.05) is 13.8 Å². The molecule has 0 unspecified atom stereocenters. The van der Waals surface area contributed by atoms with Gasteiger partial charge in [-0.15, -0.1) is 11.3 Å². The number of halogens is 2. The summed E-state index contributed by atoms with van der Waals surface area (Å²) in [7, 11) is -3.70. The Kier molecular flexibility index (Phi) is 5.80. The van der Waals surface area contributed by atoms with Gasteiger partial charge in [0, 0.05) is 0 Å². The van der Waals surface area contributed by atoms with Gasteiger partial charge in [0.05, 0.1) is 19.3 Å². The molecule has 0 atom stereocenters. The summed E-state index contributed by atoms with van der Waals surface area (Å²) in [6.07, 6.45) is 0.969. The molecule has 1 aromatic heterocycles. The Hall–Kier alpha value is 0.270. The van der Waals surface area contributed by atoms with Crippen LogP contribution >= 0.6 is 51.1 Å². The van der Waals surface area contributed by atoms with Crippen LogP contribution in [0.15, 0.2) is 14.1 Å². The van der Waals surface area contributed by atoms with Crippen molar-refractivity contribution >= 4 is 66.1 Å². The summed E-state index contributed by atoms with van der Waals surface area (Å²) in [6, 6.07) is 1.40. The minimum absolute atomic E-state index is 0.131. The highest BCUT2D eigenvalue weighted by Crippen LogP contribution is 2.35. The summed E-state index contributed by atoms with van der Waals surface area (Å²) in [6.45, 7) is 3.67. The predicted octanol–water partition coefficient (Wildman–Crippen LogP) is 3.29. The number of rotatable bonds is 6. The minimum Gasteiger partial charge on any atom is -0.392 e. The molecule has 0 aliphatic carbocycles. The van der Waals surface area contributed by atoms with Crippen LogP contribution in [0.5, 0.6) is 0 Å². The second-order valence-electron chi connectivity index (χ2n) is 3.95. The first-order valence-corrected chi connectivity index (χ1v) is 9.35. The van der Waals surface area contributed by atoms with Gasteiger partial charge in [-0.3, -0.25) is 0 Å². The van der Waals surface area contributed by atoms with Crippen molar-refractivity contribution in [2.24, 2.45) is 5.73 Å². The summed E-state index contributed by atoms with van der Waals surface area (Å²) in [4.78, 5) is 0.141. The third-order valence-corrected chi connectivity index (χ3v) is 7.77. The van der Waals surface area contributed by atoms with Crippen LogP contribution in [0.1, 0.15) is 26.7 Å². The number of nitrogens with one attached hydrogen (secondary N) is 1. The Labute approximate surface area is 135 Å². The number of nitrogens with two attached hydrogens (primary N) is 1. The van der Waals surface area contributed by atoms with E-state index in [1.54, 1.807) is 0 Å². The fraction of sp³-hybridized carbons (Fsp3) is 0.500. The predicted molar refractivity (Wildman–Crippen MR) is 87.4 cm³/mol. The van der Waals surface area contributed by atoms with Crippen molar-refractivity contribution in [1.82, 2.24) is 4.72 Å². The largest absolute Gasteiger partial charge is 0.392 e. The second kappa shape index (κ2) is 6.36. The number of thiophene rings is 1. The number of thiocarbonyl (C=S) groups is 1. The lowest BCUT2D eigenvalue weighted by atomic mass is 9.94. The van der Waals surface area contributed by atoms with Crippen molar-refractivity contribution in [3.63, 3.8) is 0 Å². The van der Waals surface area contributed by atoms with Gasteiger partial charge >= 0.3 is 0 Å². The Morgan fingerprint density at radius 3 is 2.42 bits per heavy atom. The third kappa shape index (κ3) is 3.68. The van der Waals surface area contributed by atoms with Gasteiger partial charge in [-0.05, 0) is 34.8 Å². The van der Waals surface area contributed by atoms with Crippen LogP contribution in [0.2, 0.25) is 5.02 Å². The monoisotopic (exact) mass is 404 g/mol. The lowest BCUT2D eigenvalue weighted by Crippen LogP contribution is -2.55. The van der Waals surface area contributed by atoms with Crippen LogP contribution in [-0.2, 0) is 10.0 Å². The minimum atomic E-state index is -3.70. The van der Waals surface area contributed by atoms with Crippen LogP contribution < -0.4 is 10.5 Å². The van der Waals surface area contributed by atoms with Gasteiger partial charge in [-0.2, -0.15) is 4.72 Å². The highest BCUT2D eigenvalue weighted by atomic mass is 79.9. The quantitative estimate of drug-likeness (QED) is 0.712. The van der Waals surface area contributed by atoms with Gasteiger partial charge in [0.1, 0.15) is 4.21 Å². The molecule has 19 heavy (non-hydrogen) atoms. The van der Waals surface area contributed by atoms with E-state index < -0.39 is 15.6 Å². The van der Waals surface area contributed by atoms with E-state index in [2.05, 4.69) is 20.7 Å². The molecule has 0 fully saturated rings. The summed E-state index contributed by atoms with van der Waals surface area (Å²) < 4.78 is 28.0. The fourth-order valence-corrected chi connectivity index (χ4v) is 5.89. The molecule has 1 rings (SSSR count). The molecule has 1 heterocycles. The van der Waals surface area contributed by atoms with E-state index in [0.717, 1.165) is 11.3 Å². The van der Waals surface area contributed by atoms with E-state index in [-0.39, 0.29) is 9.20 Å². The van der Waals surface area contributed by atoms with Gasteiger partial charge in [0.25, 0.3) is 10.0 Å². The number of hydrogen-bond acceptors (Lipinski definition) is 4. The molecule has 0 amide bonds. The SMILES string of the molecule is CCC(CC)(NS(=O)(=O)c1cc(Cl)c(Br)s1)C(N)=S. The third-order valence-electron chi connectivity index (χ3n) is 2.90. The molecule has 0 spiro atoms. The molecule has 9 heteroatoms. The molecule has 0 aromatic carbocycles. The summed E-state index contributed by atoms with van der Waals surface area (Å²) >= 11 is 15.1. The fourth-order valence-electron chi connectivity index (χ4n) is 1.56. The highest BCUT2D eigenvalue weighted by Gasteiger charge is 2.35. The molecule has 1 aromatic rings. The van der Waals surface area contributed by atoms with Crippen molar-refractivity contribution in [3.8, 4) is 0 Å². The van der Waals surface area contributed by atoms with Crippen molar-refractivity contribution in [1.29, 1.82) is 0 Å². The Balaban J connectivity index is 3.18. The molecule has 108 valence electrons. The summed E-state index contributed by atoms with van der Waals surface area (Å²) in [5, 5.41) is 0.360. The Morgan fingerprint density at radius 1 is 1.58 bits per heavy atom. The number of sulfonamides is 1. The van der Waals surface area contributed by atoms with Crippen molar-refractivity contribution in [2.45, 2.75) is 36.4 Å². The summed E-state index contributed by atoms with van der Waals surface area (Å²) in [5.74, 6) is 0. The average molecular weight is 406 g/mol. The second-order valence-corrected chi connectivity index (χ2v) is 9.07. The molecule has 4 nitrogen and oxygen atoms in total. The first kappa shape index (κ1) is 17.3. The molecule has 3 N–H and O–H groups in total. The maximum atomic E-state index is 12.3. The molecule has 0 aliphatic heterocycles. The van der Waals surface area contributed by atoms with E-state index >= 15 is 0 Å². The first-order chi connectivity index (χ1) is 8.68. The maximum absolute atomic E-state index is 12.3. The molecule has 0 saturated heterocycles. The molecule has 0 aliphatic rings. The zero-order valence-corrected chi connectivity index (χ0v) is 15.2. The number of hydrogen-bond donors (Lipinski definition) is 2.